The van der Waals surface area contributed by atoms with E-state index in [0.29, 0.717) is 13.1 Å². The summed E-state index contributed by atoms with van der Waals surface area (Å²) in [6.45, 7) is 3.33. The first kappa shape index (κ1) is 19.7. The van der Waals surface area contributed by atoms with Crippen LogP contribution in [0.15, 0.2) is 54.6 Å². The van der Waals surface area contributed by atoms with Gasteiger partial charge in [-0.3, -0.25) is 9.59 Å². The number of carbonyl (C=O) groups is 2. The summed E-state index contributed by atoms with van der Waals surface area (Å²) in [6.07, 6.45) is 5.04. The molecule has 29 heavy (non-hydrogen) atoms. The summed E-state index contributed by atoms with van der Waals surface area (Å²) in [4.78, 5) is 28.2. The number of piperidine rings is 1. The molecule has 2 amide bonds. The van der Waals surface area contributed by atoms with Gasteiger partial charge < -0.3 is 10.2 Å². The standard InChI is InChI=1S/C25H30N2O2/c1-18-8-7-11-20(14-18)21-15-22(24(28)26-23-12-3-2-4-13-23)17-27(16-21)25(29)19-9-5-6-10-19/h2-4,7-8,11-14,19,21-22H,5-6,9-10,15-17H2,1H3,(H,26,28). The van der Waals surface area contributed by atoms with E-state index in [-0.39, 0.29) is 29.6 Å². The van der Waals surface area contributed by atoms with Gasteiger partial charge in [-0.15, -0.1) is 0 Å². The Morgan fingerprint density at radius 1 is 0.931 bits per heavy atom. The maximum atomic E-state index is 13.2. The second-order valence-corrected chi connectivity index (χ2v) is 8.62. The number of nitrogens with zero attached hydrogens (tertiary/aromatic N) is 1. The molecule has 2 atom stereocenters. The van der Waals surface area contributed by atoms with Gasteiger partial charge in [0.05, 0.1) is 5.92 Å². The Labute approximate surface area is 173 Å². The molecule has 0 spiro atoms. The molecule has 2 aromatic carbocycles. The first-order valence-corrected chi connectivity index (χ1v) is 10.8. The Morgan fingerprint density at radius 2 is 1.69 bits per heavy atom. The lowest BCUT2D eigenvalue weighted by Gasteiger charge is -2.38. The van der Waals surface area contributed by atoms with Crippen molar-refractivity contribution >= 4 is 17.5 Å². The van der Waals surface area contributed by atoms with Crippen molar-refractivity contribution in [3.63, 3.8) is 0 Å². The van der Waals surface area contributed by atoms with Gasteiger partial charge in [0.15, 0.2) is 0 Å². The third kappa shape index (κ3) is 4.69. The van der Waals surface area contributed by atoms with Gasteiger partial charge in [-0.25, -0.2) is 0 Å². The third-order valence-corrected chi connectivity index (χ3v) is 6.39. The van der Waals surface area contributed by atoms with Crippen molar-refractivity contribution in [2.45, 2.75) is 44.9 Å². The van der Waals surface area contributed by atoms with E-state index in [0.717, 1.165) is 37.8 Å². The largest absolute Gasteiger partial charge is 0.341 e. The van der Waals surface area contributed by atoms with Gasteiger partial charge in [-0.05, 0) is 43.9 Å². The number of aryl methyl sites for hydroxylation is 1. The Bertz CT molecular complexity index is 858. The van der Waals surface area contributed by atoms with Crippen LogP contribution in [0.4, 0.5) is 5.69 Å². The van der Waals surface area contributed by atoms with Gasteiger partial charge in [-0.2, -0.15) is 0 Å². The highest BCUT2D eigenvalue weighted by Crippen LogP contribution is 2.34. The molecule has 1 saturated carbocycles. The monoisotopic (exact) mass is 390 g/mol. The summed E-state index contributed by atoms with van der Waals surface area (Å²) in [5.74, 6) is 0.402. The maximum absolute atomic E-state index is 13.2. The maximum Gasteiger partial charge on any atom is 0.229 e. The van der Waals surface area contributed by atoms with E-state index >= 15 is 0 Å². The van der Waals surface area contributed by atoms with Crippen LogP contribution in [0.5, 0.6) is 0 Å². The number of amides is 2. The molecule has 4 nitrogen and oxygen atoms in total. The van der Waals surface area contributed by atoms with Gasteiger partial charge in [-0.1, -0.05) is 60.9 Å². The predicted octanol–water partition coefficient (Wildman–Crippen LogP) is 4.76. The molecule has 1 saturated heterocycles. The zero-order valence-corrected chi connectivity index (χ0v) is 17.1. The molecule has 152 valence electrons. The summed E-state index contributed by atoms with van der Waals surface area (Å²) in [7, 11) is 0. The molecule has 1 heterocycles. The van der Waals surface area contributed by atoms with Crippen molar-refractivity contribution in [3.05, 3.63) is 65.7 Å². The lowest BCUT2D eigenvalue weighted by molar-refractivity contribution is -0.138. The number of benzene rings is 2. The Kier molecular flexibility index (Phi) is 5.98. The van der Waals surface area contributed by atoms with Crippen molar-refractivity contribution in [1.29, 1.82) is 0 Å². The number of anilines is 1. The smallest absolute Gasteiger partial charge is 0.229 e. The van der Waals surface area contributed by atoms with Crippen LogP contribution in [0.25, 0.3) is 0 Å². The summed E-state index contributed by atoms with van der Waals surface area (Å²) in [5, 5.41) is 3.05. The average molecular weight is 391 g/mol. The molecular formula is C25H30N2O2. The van der Waals surface area contributed by atoms with Crippen LogP contribution in [0.2, 0.25) is 0 Å². The Morgan fingerprint density at radius 3 is 2.41 bits per heavy atom. The molecular weight excluding hydrogens is 360 g/mol. The van der Waals surface area contributed by atoms with Crippen LogP contribution in [0.1, 0.15) is 49.1 Å². The number of hydrogen-bond acceptors (Lipinski definition) is 2. The quantitative estimate of drug-likeness (QED) is 0.818. The van der Waals surface area contributed by atoms with Crippen molar-refractivity contribution in [1.82, 2.24) is 4.90 Å². The molecule has 1 aliphatic heterocycles. The normalized spacial score (nSPS) is 22.4. The van der Waals surface area contributed by atoms with Gasteiger partial charge in [0, 0.05) is 30.6 Å². The molecule has 0 radical (unpaired) electrons. The molecule has 4 rings (SSSR count). The van der Waals surface area contributed by atoms with Crippen LogP contribution >= 0.6 is 0 Å². The van der Waals surface area contributed by atoms with Gasteiger partial charge >= 0.3 is 0 Å². The van der Waals surface area contributed by atoms with E-state index in [2.05, 4.69) is 36.5 Å². The van der Waals surface area contributed by atoms with E-state index in [1.165, 1.54) is 11.1 Å². The van der Waals surface area contributed by atoms with Gasteiger partial charge in [0.1, 0.15) is 0 Å². The number of rotatable bonds is 4. The van der Waals surface area contributed by atoms with Crippen LogP contribution in [0.3, 0.4) is 0 Å². The molecule has 1 aliphatic carbocycles. The third-order valence-electron chi connectivity index (χ3n) is 6.39. The van der Waals surface area contributed by atoms with Crippen LogP contribution < -0.4 is 5.32 Å². The van der Waals surface area contributed by atoms with Crippen LogP contribution in [-0.2, 0) is 9.59 Å². The van der Waals surface area contributed by atoms with E-state index in [9.17, 15) is 9.59 Å². The fourth-order valence-corrected chi connectivity index (χ4v) is 4.83. The predicted molar refractivity (Wildman–Crippen MR) is 116 cm³/mol. The lowest BCUT2D eigenvalue weighted by atomic mass is 9.83. The highest BCUT2D eigenvalue weighted by Gasteiger charge is 2.37. The van der Waals surface area contributed by atoms with Gasteiger partial charge in [0.25, 0.3) is 0 Å². The zero-order chi connectivity index (χ0) is 20.2. The molecule has 2 unspecified atom stereocenters. The zero-order valence-electron chi connectivity index (χ0n) is 17.1. The SMILES string of the molecule is Cc1cccc(C2CC(C(=O)Nc3ccccc3)CN(C(=O)C3CCCC3)C2)c1. The number of likely N-dealkylation sites (tertiary alicyclic amines) is 1. The van der Waals surface area contributed by atoms with Crippen molar-refractivity contribution in [3.8, 4) is 0 Å². The average Bonchev–Trinajstić information content (AvgIpc) is 3.28. The Balaban J connectivity index is 1.54. The minimum Gasteiger partial charge on any atom is -0.341 e. The number of nitrogens with one attached hydrogen (secondary N) is 1. The van der Waals surface area contributed by atoms with E-state index < -0.39 is 0 Å². The molecule has 1 N–H and O–H groups in total. The van der Waals surface area contributed by atoms with Crippen molar-refractivity contribution in [2.75, 3.05) is 18.4 Å². The number of para-hydroxylation sites is 1. The number of hydrogen-bond donors (Lipinski definition) is 1. The molecule has 2 fully saturated rings. The molecule has 2 aliphatic rings. The second kappa shape index (κ2) is 8.81. The van der Waals surface area contributed by atoms with Crippen molar-refractivity contribution < 1.29 is 9.59 Å². The van der Waals surface area contributed by atoms with Crippen LogP contribution in [0, 0.1) is 18.8 Å². The summed E-state index contributed by atoms with van der Waals surface area (Å²) >= 11 is 0. The minimum absolute atomic E-state index is 0.0118. The highest BCUT2D eigenvalue weighted by atomic mass is 16.2. The molecule has 2 aromatic rings. The minimum atomic E-state index is -0.195. The highest BCUT2D eigenvalue weighted by molar-refractivity contribution is 5.93. The van der Waals surface area contributed by atoms with E-state index in [1.54, 1.807) is 0 Å². The second-order valence-electron chi connectivity index (χ2n) is 8.62. The van der Waals surface area contributed by atoms with Crippen LogP contribution in [-0.4, -0.2) is 29.8 Å². The fourth-order valence-electron chi connectivity index (χ4n) is 4.83. The van der Waals surface area contributed by atoms with E-state index in [4.69, 9.17) is 0 Å². The van der Waals surface area contributed by atoms with Crippen molar-refractivity contribution in [2.24, 2.45) is 11.8 Å². The first-order valence-electron chi connectivity index (χ1n) is 10.8. The first-order chi connectivity index (χ1) is 14.1. The lowest BCUT2D eigenvalue weighted by Crippen LogP contribution is -2.48. The molecule has 4 heteroatoms. The van der Waals surface area contributed by atoms with E-state index in [1.807, 2.05) is 35.2 Å². The summed E-state index contributed by atoms with van der Waals surface area (Å²) in [5.41, 5.74) is 3.25. The Hall–Kier alpha value is -2.62. The summed E-state index contributed by atoms with van der Waals surface area (Å²) < 4.78 is 0. The fraction of sp³-hybridized carbons (Fsp3) is 0.440. The van der Waals surface area contributed by atoms with Gasteiger partial charge in [0.2, 0.25) is 11.8 Å². The molecule has 0 bridgehead atoms. The number of carbonyl (C=O) groups excluding carboxylic acids is 2. The topological polar surface area (TPSA) is 49.4 Å². The molecule has 0 aromatic heterocycles. The summed E-state index contributed by atoms with van der Waals surface area (Å²) in [6, 6.07) is 18.1.